The van der Waals surface area contributed by atoms with E-state index in [9.17, 15) is 26.4 Å². The largest absolute Gasteiger partial charge is 0.346 e. The quantitative estimate of drug-likeness (QED) is 0.752. The minimum atomic E-state index is -3.97. The van der Waals surface area contributed by atoms with E-state index in [0.717, 1.165) is 37.0 Å². The maximum atomic E-state index is 13.5. The molecule has 1 heterocycles. The van der Waals surface area contributed by atoms with E-state index >= 15 is 0 Å². The van der Waals surface area contributed by atoms with Crippen LogP contribution in [0.2, 0.25) is 0 Å². The van der Waals surface area contributed by atoms with Crippen LogP contribution in [0.1, 0.15) is 37.7 Å². The average molecular weight is 452 g/mol. The molecular weight excluding hydrogens is 429 g/mol. The molecule has 0 radical (unpaired) electrons. The Morgan fingerprint density at radius 1 is 0.968 bits per heavy atom. The van der Waals surface area contributed by atoms with Gasteiger partial charge in [0.2, 0.25) is 15.9 Å². The minimum Gasteiger partial charge on any atom is -0.346 e. The first-order valence-corrected chi connectivity index (χ1v) is 11.7. The number of carbonyl (C=O) groups is 1. The van der Waals surface area contributed by atoms with Gasteiger partial charge in [0.15, 0.2) is 11.6 Å². The standard InChI is InChI=1S/C22H23F3N2O3S/c23-17-4-2-16(3-5-17)22(10-1-11-22)26-21(28)15-8-12-27(13-9-15)31(29,30)18-6-7-19(24)20(25)14-18/h2-7,14-15H,1,8-13H2,(H,26,28). The molecule has 1 saturated carbocycles. The van der Waals surface area contributed by atoms with Crippen molar-refractivity contribution < 1.29 is 26.4 Å². The number of rotatable bonds is 5. The highest BCUT2D eigenvalue weighted by molar-refractivity contribution is 7.89. The summed E-state index contributed by atoms with van der Waals surface area (Å²) in [6.07, 6.45) is 3.16. The van der Waals surface area contributed by atoms with Crippen LogP contribution in [0.15, 0.2) is 47.4 Å². The molecule has 2 aromatic carbocycles. The zero-order chi connectivity index (χ0) is 22.2. The molecule has 1 saturated heterocycles. The summed E-state index contributed by atoms with van der Waals surface area (Å²) in [5.41, 5.74) is 0.367. The van der Waals surface area contributed by atoms with Crippen LogP contribution in [-0.4, -0.2) is 31.7 Å². The highest BCUT2D eigenvalue weighted by Gasteiger charge is 2.42. The molecule has 2 fully saturated rings. The molecule has 0 spiro atoms. The maximum Gasteiger partial charge on any atom is 0.243 e. The Morgan fingerprint density at radius 2 is 1.61 bits per heavy atom. The van der Waals surface area contributed by atoms with E-state index < -0.39 is 27.2 Å². The smallest absolute Gasteiger partial charge is 0.243 e. The molecular formula is C22H23F3N2O3S. The predicted octanol–water partition coefficient (Wildman–Crippen LogP) is 3.70. The fourth-order valence-corrected chi connectivity index (χ4v) is 5.75. The molecule has 0 aromatic heterocycles. The van der Waals surface area contributed by atoms with Crippen LogP contribution in [0.5, 0.6) is 0 Å². The molecule has 0 atom stereocenters. The fourth-order valence-electron chi connectivity index (χ4n) is 4.27. The number of nitrogens with one attached hydrogen (secondary N) is 1. The Labute approximate surface area is 179 Å². The molecule has 2 aromatic rings. The van der Waals surface area contributed by atoms with E-state index in [1.807, 2.05) is 0 Å². The van der Waals surface area contributed by atoms with Crippen LogP contribution in [-0.2, 0) is 20.4 Å². The van der Waals surface area contributed by atoms with Gasteiger partial charge >= 0.3 is 0 Å². The van der Waals surface area contributed by atoms with Crippen molar-refractivity contribution in [2.45, 2.75) is 42.5 Å². The molecule has 0 unspecified atom stereocenters. The molecule has 31 heavy (non-hydrogen) atoms. The molecule has 4 rings (SSSR count). The molecule has 1 amide bonds. The number of hydrogen-bond acceptors (Lipinski definition) is 3. The van der Waals surface area contributed by atoms with Gasteiger partial charge in [0.1, 0.15) is 5.82 Å². The van der Waals surface area contributed by atoms with Crippen molar-refractivity contribution in [1.29, 1.82) is 0 Å². The first-order valence-electron chi connectivity index (χ1n) is 10.2. The molecule has 166 valence electrons. The van der Waals surface area contributed by atoms with Gasteiger partial charge in [-0.3, -0.25) is 4.79 Å². The number of halogens is 3. The van der Waals surface area contributed by atoms with E-state index in [1.165, 1.54) is 16.4 Å². The summed E-state index contributed by atoms with van der Waals surface area (Å²) in [7, 11) is -3.97. The van der Waals surface area contributed by atoms with Gasteiger partial charge in [0.25, 0.3) is 0 Å². The highest BCUT2D eigenvalue weighted by atomic mass is 32.2. The second kappa shape index (κ2) is 8.27. The number of nitrogens with zero attached hydrogens (tertiary/aromatic N) is 1. The normalized spacial score (nSPS) is 19.6. The summed E-state index contributed by atoms with van der Waals surface area (Å²) >= 11 is 0. The van der Waals surface area contributed by atoms with Gasteiger partial charge in [0.05, 0.1) is 10.4 Å². The van der Waals surface area contributed by atoms with Gasteiger partial charge in [-0.2, -0.15) is 4.31 Å². The van der Waals surface area contributed by atoms with E-state index in [1.54, 1.807) is 12.1 Å². The number of sulfonamides is 1. The van der Waals surface area contributed by atoms with Crippen molar-refractivity contribution in [2.24, 2.45) is 5.92 Å². The Balaban J connectivity index is 1.40. The number of amides is 1. The van der Waals surface area contributed by atoms with Crippen molar-refractivity contribution in [3.05, 3.63) is 65.5 Å². The van der Waals surface area contributed by atoms with E-state index in [4.69, 9.17) is 0 Å². The van der Waals surface area contributed by atoms with E-state index in [-0.39, 0.29) is 35.6 Å². The van der Waals surface area contributed by atoms with Crippen LogP contribution < -0.4 is 5.32 Å². The van der Waals surface area contributed by atoms with Gasteiger partial charge in [-0.1, -0.05) is 12.1 Å². The number of benzene rings is 2. The molecule has 0 bridgehead atoms. The van der Waals surface area contributed by atoms with Crippen molar-refractivity contribution in [2.75, 3.05) is 13.1 Å². The van der Waals surface area contributed by atoms with Crippen LogP contribution in [0.4, 0.5) is 13.2 Å². The van der Waals surface area contributed by atoms with Crippen molar-refractivity contribution in [3.8, 4) is 0 Å². The lowest BCUT2D eigenvalue weighted by atomic mass is 9.71. The lowest BCUT2D eigenvalue weighted by molar-refractivity contribution is -0.129. The van der Waals surface area contributed by atoms with Gasteiger partial charge in [0, 0.05) is 19.0 Å². The number of carbonyl (C=O) groups excluding carboxylic acids is 1. The first kappa shape index (κ1) is 21.8. The summed E-state index contributed by atoms with van der Waals surface area (Å²) in [6, 6.07) is 8.63. The second-order valence-electron chi connectivity index (χ2n) is 8.19. The number of hydrogen-bond donors (Lipinski definition) is 1. The van der Waals surface area contributed by atoms with Crippen LogP contribution in [0.3, 0.4) is 0 Å². The third kappa shape index (κ3) is 4.21. The van der Waals surface area contributed by atoms with Crippen LogP contribution in [0, 0.1) is 23.4 Å². The third-order valence-corrected chi connectivity index (χ3v) is 8.21. The lowest BCUT2D eigenvalue weighted by Crippen LogP contribution is -2.53. The van der Waals surface area contributed by atoms with Crippen LogP contribution in [0.25, 0.3) is 0 Å². The van der Waals surface area contributed by atoms with Crippen molar-refractivity contribution in [1.82, 2.24) is 9.62 Å². The van der Waals surface area contributed by atoms with Crippen molar-refractivity contribution in [3.63, 3.8) is 0 Å². The Hall–Kier alpha value is -2.39. The molecule has 1 N–H and O–H groups in total. The lowest BCUT2D eigenvalue weighted by Gasteiger charge is -2.44. The van der Waals surface area contributed by atoms with Crippen LogP contribution >= 0.6 is 0 Å². The molecule has 9 heteroatoms. The fraction of sp³-hybridized carbons (Fsp3) is 0.409. The minimum absolute atomic E-state index is 0.114. The Kier molecular flexibility index (Phi) is 5.83. The second-order valence-corrected chi connectivity index (χ2v) is 10.1. The molecule has 5 nitrogen and oxygen atoms in total. The average Bonchev–Trinajstić information content (AvgIpc) is 2.73. The van der Waals surface area contributed by atoms with Gasteiger partial charge in [-0.15, -0.1) is 0 Å². The maximum absolute atomic E-state index is 13.5. The highest BCUT2D eigenvalue weighted by Crippen LogP contribution is 2.42. The molecule has 2 aliphatic rings. The summed E-state index contributed by atoms with van der Waals surface area (Å²) < 4.78 is 66.5. The first-order chi connectivity index (χ1) is 14.7. The summed E-state index contributed by atoms with van der Waals surface area (Å²) in [4.78, 5) is 12.6. The number of piperidine rings is 1. The summed E-state index contributed by atoms with van der Waals surface area (Å²) in [6.45, 7) is 0.228. The topological polar surface area (TPSA) is 66.5 Å². The SMILES string of the molecule is O=C(NC1(c2ccc(F)cc2)CCC1)C1CCN(S(=O)(=O)c2ccc(F)c(F)c2)CC1. The Morgan fingerprint density at radius 3 is 2.16 bits per heavy atom. The zero-order valence-electron chi connectivity index (χ0n) is 16.8. The predicted molar refractivity (Wildman–Crippen MR) is 108 cm³/mol. The van der Waals surface area contributed by atoms with Gasteiger partial charge in [-0.25, -0.2) is 21.6 Å². The van der Waals surface area contributed by atoms with Gasteiger partial charge < -0.3 is 5.32 Å². The molecule has 1 aliphatic carbocycles. The summed E-state index contributed by atoms with van der Waals surface area (Å²) in [5, 5.41) is 3.11. The van der Waals surface area contributed by atoms with E-state index in [2.05, 4.69) is 5.32 Å². The summed E-state index contributed by atoms with van der Waals surface area (Å²) in [5.74, 6) is -3.16. The third-order valence-electron chi connectivity index (χ3n) is 6.32. The van der Waals surface area contributed by atoms with Gasteiger partial charge in [-0.05, 0) is 68.0 Å². The van der Waals surface area contributed by atoms with E-state index in [0.29, 0.717) is 18.9 Å². The van der Waals surface area contributed by atoms with Crippen molar-refractivity contribution >= 4 is 15.9 Å². The molecule has 1 aliphatic heterocycles. The monoisotopic (exact) mass is 452 g/mol. The zero-order valence-corrected chi connectivity index (χ0v) is 17.6. The Bertz CT molecular complexity index is 1080.